The predicted octanol–water partition coefficient (Wildman–Crippen LogP) is -1.31. The van der Waals surface area contributed by atoms with Crippen LogP contribution in [-0.2, 0) is 14.3 Å². The Morgan fingerprint density at radius 2 is 1.91 bits per heavy atom. The van der Waals surface area contributed by atoms with Gasteiger partial charge in [-0.25, -0.2) is 0 Å². The summed E-state index contributed by atoms with van der Waals surface area (Å²) in [6, 6.07) is 7.95. The molecule has 2 rings (SSSR count). The van der Waals surface area contributed by atoms with Crippen molar-refractivity contribution in [3.05, 3.63) is 24.3 Å². The minimum Gasteiger partial charge on any atom is -0.495 e. The zero-order chi connectivity index (χ0) is 16.7. The van der Waals surface area contributed by atoms with Crippen LogP contribution in [0.3, 0.4) is 0 Å². The molecular weight excluding hydrogens is 298 g/mol. The summed E-state index contributed by atoms with van der Waals surface area (Å²) in [6.45, 7) is 3.75. The van der Waals surface area contributed by atoms with Gasteiger partial charge in [-0.1, -0.05) is 12.1 Å². The number of hydrogen-bond acceptors (Lipinski definition) is 5. The predicted molar refractivity (Wildman–Crippen MR) is 85.8 cm³/mol. The fraction of sp³-hybridized carbons (Fsp3) is 0.500. The van der Waals surface area contributed by atoms with Crippen molar-refractivity contribution >= 4 is 17.6 Å². The van der Waals surface area contributed by atoms with Crippen LogP contribution in [0.4, 0.5) is 5.69 Å². The number of ether oxygens (including phenoxy) is 2. The van der Waals surface area contributed by atoms with E-state index in [0.29, 0.717) is 6.54 Å². The van der Waals surface area contributed by atoms with E-state index in [-0.39, 0.29) is 12.5 Å². The molecule has 0 spiro atoms. The summed E-state index contributed by atoms with van der Waals surface area (Å²) in [5, 5.41) is 2.57. The van der Waals surface area contributed by atoms with Crippen LogP contribution in [0.2, 0.25) is 0 Å². The highest BCUT2D eigenvalue weighted by atomic mass is 16.5. The first-order chi connectivity index (χ1) is 11.1. The Morgan fingerprint density at radius 1 is 1.22 bits per heavy atom. The molecule has 1 saturated heterocycles. The number of quaternary nitrogens is 1. The van der Waals surface area contributed by atoms with Gasteiger partial charge < -0.3 is 24.6 Å². The summed E-state index contributed by atoms with van der Waals surface area (Å²) < 4.78 is 9.90. The van der Waals surface area contributed by atoms with Gasteiger partial charge in [0.05, 0.1) is 46.1 Å². The van der Waals surface area contributed by atoms with Gasteiger partial charge >= 0.3 is 5.97 Å². The molecule has 126 valence electrons. The second-order valence-corrected chi connectivity index (χ2v) is 5.44. The molecule has 0 saturated carbocycles. The van der Waals surface area contributed by atoms with E-state index in [2.05, 4.69) is 15.0 Å². The first-order valence-corrected chi connectivity index (χ1v) is 7.69. The number of hydrogen-bond donors (Lipinski definition) is 2. The molecule has 0 radical (unpaired) electrons. The van der Waals surface area contributed by atoms with E-state index in [1.807, 2.05) is 24.3 Å². The van der Waals surface area contributed by atoms with Gasteiger partial charge in [0.25, 0.3) is 5.91 Å². The highest BCUT2D eigenvalue weighted by Gasteiger charge is 2.23. The van der Waals surface area contributed by atoms with E-state index < -0.39 is 5.97 Å². The molecule has 2 N–H and O–H groups in total. The van der Waals surface area contributed by atoms with Crippen molar-refractivity contribution < 1.29 is 24.0 Å². The molecule has 23 heavy (non-hydrogen) atoms. The average molecular weight is 322 g/mol. The van der Waals surface area contributed by atoms with Crippen molar-refractivity contribution in [1.29, 1.82) is 0 Å². The number of carbonyl (C=O) groups excluding carboxylic acids is 2. The van der Waals surface area contributed by atoms with Crippen molar-refractivity contribution in [3.63, 3.8) is 0 Å². The number of piperazine rings is 1. The van der Waals surface area contributed by atoms with E-state index in [0.717, 1.165) is 37.6 Å². The molecule has 1 heterocycles. The standard InChI is InChI=1S/C16H23N3O4/c1-22-14-6-4-3-5-13(14)19-9-7-18(8-10-19)12-15(20)17-11-16(21)23-2/h3-6H,7-12H2,1-2H3,(H,17,20)/p+1. The molecule has 7 heteroatoms. The largest absolute Gasteiger partial charge is 0.495 e. The maximum atomic E-state index is 11.8. The molecule has 1 amide bonds. The Kier molecular flexibility index (Phi) is 6.22. The van der Waals surface area contributed by atoms with E-state index in [9.17, 15) is 9.59 Å². The lowest BCUT2D eigenvalue weighted by atomic mass is 10.2. The van der Waals surface area contributed by atoms with Gasteiger partial charge in [0.15, 0.2) is 6.54 Å². The molecular formula is C16H24N3O4+. The van der Waals surface area contributed by atoms with Gasteiger partial charge in [-0.15, -0.1) is 0 Å². The number of carbonyl (C=O) groups is 2. The van der Waals surface area contributed by atoms with E-state index in [4.69, 9.17) is 4.74 Å². The van der Waals surface area contributed by atoms with Crippen molar-refractivity contribution in [2.75, 3.05) is 58.4 Å². The lowest BCUT2D eigenvalue weighted by Gasteiger charge is -2.33. The van der Waals surface area contributed by atoms with Crippen LogP contribution < -0.4 is 19.9 Å². The third-order valence-corrected chi connectivity index (χ3v) is 3.96. The SMILES string of the molecule is COC(=O)CNC(=O)C[NH+]1CCN(c2ccccc2OC)CC1. The van der Waals surface area contributed by atoms with E-state index >= 15 is 0 Å². The van der Waals surface area contributed by atoms with Gasteiger partial charge in [0.1, 0.15) is 12.3 Å². The summed E-state index contributed by atoms with van der Waals surface area (Å²) in [5.41, 5.74) is 1.09. The maximum Gasteiger partial charge on any atom is 0.325 e. The Morgan fingerprint density at radius 3 is 2.57 bits per heavy atom. The van der Waals surface area contributed by atoms with Crippen molar-refractivity contribution in [2.45, 2.75) is 0 Å². The summed E-state index contributed by atoms with van der Waals surface area (Å²) in [6.07, 6.45) is 0. The third kappa shape index (κ3) is 4.85. The van der Waals surface area contributed by atoms with Crippen LogP contribution in [0, 0.1) is 0 Å². The Balaban J connectivity index is 1.80. The minimum atomic E-state index is -0.436. The van der Waals surface area contributed by atoms with Crippen molar-refractivity contribution in [3.8, 4) is 5.75 Å². The highest BCUT2D eigenvalue weighted by molar-refractivity contribution is 5.82. The van der Waals surface area contributed by atoms with Crippen LogP contribution in [-0.4, -0.2) is 65.4 Å². The topological polar surface area (TPSA) is 72.3 Å². The van der Waals surface area contributed by atoms with Gasteiger partial charge in [-0.2, -0.15) is 0 Å². The Labute approximate surface area is 136 Å². The molecule has 1 fully saturated rings. The van der Waals surface area contributed by atoms with E-state index in [1.165, 1.54) is 12.0 Å². The molecule has 0 aromatic heterocycles. The first kappa shape index (κ1) is 17.1. The zero-order valence-corrected chi connectivity index (χ0v) is 13.6. The summed E-state index contributed by atoms with van der Waals surface area (Å²) >= 11 is 0. The van der Waals surface area contributed by atoms with Crippen LogP contribution in [0.5, 0.6) is 5.75 Å². The molecule has 0 aliphatic carbocycles. The number of anilines is 1. The molecule has 0 unspecified atom stereocenters. The van der Waals surface area contributed by atoms with Crippen LogP contribution >= 0.6 is 0 Å². The van der Waals surface area contributed by atoms with Gasteiger partial charge in [0, 0.05) is 0 Å². The minimum absolute atomic E-state index is 0.0735. The molecule has 7 nitrogen and oxygen atoms in total. The number of esters is 1. The third-order valence-electron chi connectivity index (χ3n) is 3.96. The second-order valence-electron chi connectivity index (χ2n) is 5.44. The maximum absolute atomic E-state index is 11.8. The summed E-state index contributed by atoms with van der Waals surface area (Å²) in [4.78, 5) is 26.3. The fourth-order valence-electron chi connectivity index (χ4n) is 2.66. The van der Waals surface area contributed by atoms with Crippen LogP contribution in [0.25, 0.3) is 0 Å². The number of methoxy groups -OCH3 is 2. The average Bonchev–Trinajstić information content (AvgIpc) is 2.60. The van der Waals surface area contributed by atoms with E-state index in [1.54, 1.807) is 7.11 Å². The first-order valence-electron chi connectivity index (χ1n) is 7.69. The second kappa shape index (κ2) is 8.38. The Bertz CT molecular complexity index is 542. The highest BCUT2D eigenvalue weighted by Crippen LogP contribution is 2.27. The molecule has 1 aliphatic rings. The molecule has 1 aliphatic heterocycles. The molecule has 0 bridgehead atoms. The number of para-hydroxylation sites is 2. The van der Waals surface area contributed by atoms with Crippen molar-refractivity contribution in [2.24, 2.45) is 0 Å². The number of amides is 1. The van der Waals surface area contributed by atoms with Crippen LogP contribution in [0.15, 0.2) is 24.3 Å². The number of benzene rings is 1. The Hall–Kier alpha value is -2.28. The monoisotopic (exact) mass is 322 g/mol. The quantitative estimate of drug-likeness (QED) is 0.636. The smallest absolute Gasteiger partial charge is 0.325 e. The number of rotatable bonds is 6. The van der Waals surface area contributed by atoms with Gasteiger partial charge in [0.2, 0.25) is 0 Å². The van der Waals surface area contributed by atoms with Crippen molar-refractivity contribution in [1.82, 2.24) is 5.32 Å². The molecule has 1 aromatic carbocycles. The lowest BCUT2D eigenvalue weighted by molar-refractivity contribution is -0.892. The van der Waals surface area contributed by atoms with Gasteiger partial charge in [-0.05, 0) is 12.1 Å². The van der Waals surface area contributed by atoms with Crippen LogP contribution in [0.1, 0.15) is 0 Å². The molecule has 1 aromatic rings. The summed E-state index contributed by atoms with van der Waals surface area (Å²) in [5.74, 6) is 0.303. The summed E-state index contributed by atoms with van der Waals surface area (Å²) in [7, 11) is 2.97. The zero-order valence-electron chi connectivity index (χ0n) is 13.6. The normalized spacial score (nSPS) is 15.1. The fourth-order valence-corrected chi connectivity index (χ4v) is 2.66. The number of nitrogens with one attached hydrogen (secondary N) is 2. The molecule has 0 atom stereocenters. The lowest BCUT2D eigenvalue weighted by Crippen LogP contribution is -3.16. The van der Waals surface area contributed by atoms with Gasteiger partial charge in [-0.3, -0.25) is 9.59 Å². The number of nitrogens with zero attached hydrogens (tertiary/aromatic N) is 1.